The molecule has 5 heteroatoms. The van der Waals surface area contributed by atoms with Crippen molar-refractivity contribution in [3.05, 3.63) is 11.7 Å². The third-order valence-corrected chi connectivity index (χ3v) is 4.21. The molecule has 1 aromatic rings. The van der Waals surface area contributed by atoms with Crippen LogP contribution < -0.4 is 5.32 Å². The Morgan fingerprint density at radius 3 is 2.65 bits per heavy atom. The van der Waals surface area contributed by atoms with E-state index in [1.807, 2.05) is 6.92 Å². The molecule has 0 aliphatic carbocycles. The lowest BCUT2D eigenvalue weighted by Crippen LogP contribution is -2.47. The molecule has 1 N–H and O–H groups in total. The minimum Gasteiger partial charge on any atom is -0.338 e. The smallest absolute Gasteiger partial charge is 0.240 e. The van der Waals surface area contributed by atoms with Crippen molar-refractivity contribution < 1.29 is 4.52 Å². The molecule has 94 valence electrons. The fourth-order valence-corrected chi connectivity index (χ4v) is 3.22. The summed E-state index contributed by atoms with van der Waals surface area (Å²) in [5.41, 5.74) is 0. The van der Waals surface area contributed by atoms with Crippen molar-refractivity contribution in [3.8, 4) is 0 Å². The first-order chi connectivity index (χ1) is 8.22. The summed E-state index contributed by atoms with van der Waals surface area (Å²) in [4.78, 5) is 6.76. The zero-order chi connectivity index (χ0) is 11.8. The summed E-state index contributed by atoms with van der Waals surface area (Å²) in [7, 11) is 2.26. The summed E-state index contributed by atoms with van der Waals surface area (Å²) in [5.74, 6) is 1.42. The van der Waals surface area contributed by atoms with Gasteiger partial charge in [0.2, 0.25) is 5.89 Å². The van der Waals surface area contributed by atoms with E-state index in [0.717, 1.165) is 12.1 Å². The Labute approximate surface area is 102 Å². The van der Waals surface area contributed by atoms with Crippen molar-refractivity contribution in [2.45, 2.75) is 57.3 Å². The third kappa shape index (κ3) is 2.21. The van der Waals surface area contributed by atoms with E-state index in [2.05, 4.69) is 27.4 Å². The molecule has 2 fully saturated rings. The van der Waals surface area contributed by atoms with Gasteiger partial charge in [-0.3, -0.25) is 0 Å². The van der Waals surface area contributed by atoms with E-state index in [1.54, 1.807) is 0 Å². The van der Waals surface area contributed by atoms with E-state index in [9.17, 15) is 0 Å². The van der Waals surface area contributed by atoms with Crippen LogP contribution in [0.25, 0.3) is 0 Å². The number of piperidine rings is 1. The van der Waals surface area contributed by atoms with Gasteiger partial charge in [-0.15, -0.1) is 0 Å². The molecule has 0 saturated carbocycles. The number of rotatable bonds is 3. The van der Waals surface area contributed by atoms with Crippen molar-refractivity contribution in [3.63, 3.8) is 0 Å². The molecule has 0 aromatic carbocycles. The van der Waals surface area contributed by atoms with E-state index >= 15 is 0 Å². The predicted octanol–water partition coefficient (Wildman–Crippen LogP) is 1.09. The Bertz CT molecular complexity index is 378. The molecule has 0 radical (unpaired) electrons. The quantitative estimate of drug-likeness (QED) is 0.851. The fraction of sp³-hybridized carbons (Fsp3) is 0.833. The highest BCUT2D eigenvalue weighted by Gasteiger charge is 2.38. The predicted molar refractivity (Wildman–Crippen MR) is 63.5 cm³/mol. The molecular weight excluding hydrogens is 216 g/mol. The molecule has 0 amide bonds. The first-order valence-electron chi connectivity index (χ1n) is 6.47. The maximum atomic E-state index is 5.11. The second-order valence-electron chi connectivity index (χ2n) is 5.34. The molecule has 1 aromatic heterocycles. The Morgan fingerprint density at radius 2 is 2.06 bits per heavy atom. The lowest BCUT2D eigenvalue weighted by atomic mass is 9.98. The second kappa shape index (κ2) is 4.38. The standard InChI is InChI=1S/C12H20N4O/c1-8-14-12(17-15-8)7-13-9-5-10-3-4-11(6-9)16(10)2/h9-11,13H,3-7H2,1-2H3. The normalized spacial score (nSPS) is 33.2. The Balaban J connectivity index is 1.54. The van der Waals surface area contributed by atoms with Crippen LogP contribution >= 0.6 is 0 Å². The van der Waals surface area contributed by atoms with E-state index in [1.165, 1.54) is 25.7 Å². The zero-order valence-corrected chi connectivity index (χ0v) is 10.5. The first-order valence-corrected chi connectivity index (χ1v) is 6.47. The second-order valence-corrected chi connectivity index (χ2v) is 5.34. The highest BCUT2D eigenvalue weighted by molar-refractivity contribution is 4.96. The van der Waals surface area contributed by atoms with Crippen LogP contribution in [0, 0.1) is 6.92 Å². The molecule has 3 rings (SSSR count). The summed E-state index contributed by atoms with van der Waals surface area (Å²) in [6.07, 6.45) is 5.22. The van der Waals surface area contributed by atoms with Crippen LogP contribution in [0.2, 0.25) is 0 Å². The maximum Gasteiger partial charge on any atom is 0.240 e. The molecular formula is C12H20N4O. The number of aryl methyl sites for hydroxylation is 1. The summed E-state index contributed by atoms with van der Waals surface area (Å²) >= 11 is 0. The highest BCUT2D eigenvalue weighted by Crippen LogP contribution is 2.34. The van der Waals surface area contributed by atoms with Gasteiger partial charge in [-0.25, -0.2) is 0 Å². The summed E-state index contributed by atoms with van der Waals surface area (Å²) in [5, 5.41) is 7.35. The first kappa shape index (κ1) is 11.2. The van der Waals surface area contributed by atoms with Gasteiger partial charge in [0.1, 0.15) is 0 Å². The van der Waals surface area contributed by atoms with E-state index < -0.39 is 0 Å². The number of hydrogen-bond donors (Lipinski definition) is 1. The van der Waals surface area contributed by atoms with E-state index in [0.29, 0.717) is 24.3 Å². The van der Waals surface area contributed by atoms with Crippen molar-refractivity contribution in [2.75, 3.05) is 7.05 Å². The number of nitrogens with zero attached hydrogens (tertiary/aromatic N) is 3. The third-order valence-electron chi connectivity index (χ3n) is 4.21. The van der Waals surface area contributed by atoms with Gasteiger partial charge in [0.15, 0.2) is 5.82 Å². The van der Waals surface area contributed by atoms with Crippen LogP contribution in [0.5, 0.6) is 0 Å². The van der Waals surface area contributed by atoms with Crippen molar-refractivity contribution >= 4 is 0 Å². The Hall–Kier alpha value is -0.940. The van der Waals surface area contributed by atoms with Crippen LogP contribution in [-0.4, -0.2) is 40.2 Å². The van der Waals surface area contributed by atoms with Crippen LogP contribution in [0.15, 0.2) is 4.52 Å². The molecule has 2 bridgehead atoms. The van der Waals surface area contributed by atoms with Gasteiger partial charge in [0, 0.05) is 18.1 Å². The lowest BCUT2D eigenvalue weighted by Gasteiger charge is -2.36. The molecule has 2 aliphatic rings. The maximum absolute atomic E-state index is 5.11. The minimum absolute atomic E-state index is 0.607. The molecule has 0 spiro atoms. The molecule has 2 unspecified atom stereocenters. The molecule has 3 heterocycles. The number of nitrogens with one attached hydrogen (secondary N) is 1. The average molecular weight is 236 g/mol. The van der Waals surface area contributed by atoms with Crippen LogP contribution in [0.3, 0.4) is 0 Å². The van der Waals surface area contributed by atoms with Crippen LogP contribution in [0.1, 0.15) is 37.4 Å². The van der Waals surface area contributed by atoms with Gasteiger partial charge >= 0.3 is 0 Å². The Kier molecular flexibility index (Phi) is 2.88. The number of fused-ring (bicyclic) bond motifs is 2. The molecule has 5 nitrogen and oxygen atoms in total. The SMILES string of the molecule is Cc1noc(CNC2CC3CCC(C2)N3C)n1. The largest absolute Gasteiger partial charge is 0.338 e. The van der Waals surface area contributed by atoms with E-state index in [-0.39, 0.29) is 0 Å². The average Bonchev–Trinajstić information content (AvgIpc) is 2.78. The van der Waals surface area contributed by atoms with Crippen LogP contribution in [0.4, 0.5) is 0 Å². The fourth-order valence-electron chi connectivity index (χ4n) is 3.22. The van der Waals surface area contributed by atoms with Crippen LogP contribution in [-0.2, 0) is 6.54 Å². The number of aromatic nitrogens is 2. The van der Waals surface area contributed by atoms with Gasteiger partial charge in [0.25, 0.3) is 0 Å². The van der Waals surface area contributed by atoms with Crippen molar-refractivity contribution in [1.82, 2.24) is 20.4 Å². The monoisotopic (exact) mass is 236 g/mol. The summed E-state index contributed by atoms with van der Waals surface area (Å²) < 4.78 is 5.11. The van der Waals surface area contributed by atoms with Gasteiger partial charge < -0.3 is 14.7 Å². The summed E-state index contributed by atoms with van der Waals surface area (Å²) in [6.45, 7) is 2.55. The highest BCUT2D eigenvalue weighted by atomic mass is 16.5. The van der Waals surface area contributed by atoms with Crippen molar-refractivity contribution in [2.24, 2.45) is 0 Å². The zero-order valence-electron chi connectivity index (χ0n) is 10.5. The van der Waals surface area contributed by atoms with Gasteiger partial charge in [-0.1, -0.05) is 5.16 Å². The van der Waals surface area contributed by atoms with E-state index in [4.69, 9.17) is 4.52 Å². The molecule has 2 atom stereocenters. The topological polar surface area (TPSA) is 54.2 Å². The summed E-state index contributed by atoms with van der Waals surface area (Å²) in [6, 6.07) is 2.15. The lowest BCUT2D eigenvalue weighted by molar-refractivity contribution is 0.146. The molecule has 2 aliphatic heterocycles. The van der Waals surface area contributed by atoms with Gasteiger partial charge in [-0.2, -0.15) is 4.98 Å². The minimum atomic E-state index is 0.607. The Morgan fingerprint density at radius 1 is 1.35 bits per heavy atom. The molecule has 2 saturated heterocycles. The van der Waals surface area contributed by atoms with Crippen molar-refractivity contribution in [1.29, 1.82) is 0 Å². The van der Waals surface area contributed by atoms with Gasteiger partial charge in [-0.05, 0) is 39.7 Å². The number of hydrogen-bond acceptors (Lipinski definition) is 5. The molecule has 17 heavy (non-hydrogen) atoms. The van der Waals surface area contributed by atoms with Gasteiger partial charge in [0.05, 0.1) is 6.54 Å².